The van der Waals surface area contributed by atoms with Crippen LogP contribution in [0.15, 0.2) is 24.3 Å². The van der Waals surface area contributed by atoms with Gasteiger partial charge < -0.3 is 19.7 Å². The Bertz CT molecular complexity index is 737. The van der Waals surface area contributed by atoms with Gasteiger partial charge in [-0.1, -0.05) is 29.8 Å². The summed E-state index contributed by atoms with van der Waals surface area (Å²) in [6.45, 7) is 4.58. The van der Waals surface area contributed by atoms with Crippen molar-refractivity contribution in [2.45, 2.75) is 70.1 Å². The topological polar surface area (TPSA) is 67.9 Å². The molecule has 6 heteroatoms. The van der Waals surface area contributed by atoms with Crippen LogP contribution in [0.1, 0.15) is 50.2 Å². The van der Waals surface area contributed by atoms with E-state index in [2.05, 4.69) is 36.5 Å². The number of fused-ring (bicyclic) bond motifs is 1. The molecule has 3 rings (SSSR count). The molecule has 0 spiro atoms. The molecule has 2 fully saturated rings. The zero-order chi connectivity index (χ0) is 21.0. The molecular weight excluding hydrogens is 368 g/mol. The van der Waals surface area contributed by atoms with Crippen molar-refractivity contribution in [2.24, 2.45) is 5.92 Å². The summed E-state index contributed by atoms with van der Waals surface area (Å²) in [6.07, 6.45) is 4.90. The highest BCUT2D eigenvalue weighted by molar-refractivity contribution is 5.76. The molecule has 2 aliphatic rings. The maximum atomic E-state index is 12.8. The number of likely N-dealkylation sites (N-methyl/N-ethyl adjacent to an activating group) is 1. The van der Waals surface area contributed by atoms with E-state index in [9.17, 15) is 9.59 Å². The number of amides is 1. The minimum absolute atomic E-state index is 0.0754. The van der Waals surface area contributed by atoms with Gasteiger partial charge in [0.1, 0.15) is 11.6 Å². The Kier molecular flexibility index (Phi) is 6.83. The SMILES string of the molecule is CN[C@@H](C)C(=O)O[C@@]1(CCc2cccc(C)c2)CCC[C@@H]2[C@H]1CCN2C(=O)OC. The predicted molar refractivity (Wildman–Crippen MR) is 112 cm³/mol. The fraction of sp³-hybridized carbons (Fsp3) is 0.652. The Morgan fingerprint density at radius 2 is 2.14 bits per heavy atom. The second kappa shape index (κ2) is 9.16. The molecule has 1 aliphatic carbocycles. The van der Waals surface area contributed by atoms with Crippen LogP contribution in [0.25, 0.3) is 0 Å². The number of methoxy groups -OCH3 is 1. The maximum Gasteiger partial charge on any atom is 0.409 e. The maximum absolute atomic E-state index is 12.8. The largest absolute Gasteiger partial charge is 0.458 e. The molecule has 0 radical (unpaired) electrons. The summed E-state index contributed by atoms with van der Waals surface area (Å²) < 4.78 is 11.3. The zero-order valence-corrected chi connectivity index (χ0v) is 18.1. The molecule has 1 saturated carbocycles. The van der Waals surface area contributed by atoms with E-state index in [4.69, 9.17) is 9.47 Å². The molecule has 1 aromatic rings. The van der Waals surface area contributed by atoms with Gasteiger partial charge in [-0.2, -0.15) is 0 Å². The summed E-state index contributed by atoms with van der Waals surface area (Å²) >= 11 is 0. The average molecular weight is 403 g/mol. The van der Waals surface area contributed by atoms with Crippen LogP contribution >= 0.6 is 0 Å². The first-order valence-corrected chi connectivity index (χ1v) is 10.7. The third-order valence-corrected chi connectivity index (χ3v) is 6.74. The number of nitrogens with one attached hydrogen (secondary N) is 1. The summed E-state index contributed by atoms with van der Waals surface area (Å²) in [5.41, 5.74) is 1.95. The molecule has 1 amide bonds. The molecule has 160 valence electrons. The minimum atomic E-state index is -0.544. The highest BCUT2D eigenvalue weighted by Gasteiger charge is 2.54. The summed E-state index contributed by atoms with van der Waals surface area (Å²) in [5, 5.41) is 2.99. The Labute approximate surface area is 173 Å². The zero-order valence-electron chi connectivity index (χ0n) is 18.1. The molecule has 0 aromatic heterocycles. The van der Waals surface area contributed by atoms with Crippen molar-refractivity contribution in [1.29, 1.82) is 0 Å². The van der Waals surface area contributed by atoms with Crippen LogP contribution in [0.5, 0.6) is 0 Å². The van der Waals surface area contributed by atoms with Crippen molar-refractivity contribution >= 4 is 12.1 Å². The molecule has 1 saturated heterocycles. The standard InChI is InChI=1S/C23H34N2O4/c1-16-7-5-8-18(15-16)10-13-23(29-21(26)17(2)24-3)12-6-9-20-19(23)11-14-25(20)22(27)28-4/h5,7-8,15,17,19-20,24H,6,9-14H2,1-4H3/t17-,19+,20+,23+/m0/s1. The molecule has 4 atom stereocenters. The first kappa shape index (κ1) is 21.6. The highest BCUT2D eigenvalue weighted by Crippen LogP contribution is 2.47. The van der Waals surface area contributed by atoms with Crippen LogP contribution in [-0.2, 0) is 20.7 Å². The third-order valence-electron chi connectivity index (χ3n) is 6.74. The molecule has 6 nitrogen and oxygen atoms in total. The van der Waals surface area contributed by atoms with Gasteiger partial charge in [-0.25, -0.2) is 4.79 Å². The Balaban J connectivity index is 1.85. The molecule has 0 bridgehead atoms. The van der Waals surface area contributed by atoms with Crippen LogP contribution in [0.4, 0.5) is 4.79 Å². The van der Waals surface area contributed by atoms with E-state index in [1.807, 2.05) is 11.8 Å². The van der Waals surface area contributed by atoms with Crippen molar-refractivity contribution in [3.63, 3.8) is 0 Å². The number of carbonyl (C=O) groups excluding carboxylic acids is 2. The summed E-state index contributed by atoms with van der Waals surface area (Å²) in [7, 11) is 3.20. The van der Waals surface area contributed by atoms with E-state index in [1.165, 1.54) is 18.2 Å². The molecule has 29 heavy (non-hydrogen) atoms. The van der Waals surface area contributed by atoms with Gasteiger partial charge in [0.2, 0.25) is 0 Å². The number of hydrogen-bond donors (Lipinski definition) is 1. The number of ether oxygens (including phenoxy) is 2. The average Bonchev–Trinajstić information content (AvgIpc) is 3.17. The quantitative estimate of drug-likeness (QED) is 0.738. The lowest BCUT2D eigenvalue weighted by molar-refractivity contribution is -0.175. The number of aryl methyl sites for hydroxylation is 2. The Morgan fingerprint density at radius 1 is 1.34 bits per heavy atom. The van der Waals surface area contributed by atoms with E-state index in [0.29, 0.717) is 6.54 Å². The Hall–Kier alpha value is -2.08. The van der Waals surface area contributed by atoms with Gasteiger partial charge in [0.15, 0.2) is 0 Å². The fourth-order valence-electron chi connectivity index (χ4n) is 5.08. The number of nitrogens with zero attached hydrogens (tertiary/aromatic N) is 1. The van der Waals surface area contributed by atoms with Gasteiger partial charge in [0, 0.05) is 18.5 Å². The van der Waals surface area contributed by atoms with E-state index < -0.39 is 5.60 Å². The van der Waals surface area contributed by atoms with E-state index >= 15 is 0 Å². The molecule has 1 aromatic carbocycles. The summed E-state index contributed by atoms with van der Waals surface area (Å²) in [5.74, 6) is -0.0675. The second-order valence-corrected chi connectivity index (χ2v) is 8.50. The van der Waals surface area contributed by atoms with Gasteiger partial charge >= 0.3 is 12.1 Å². The summed E-state index contributed by atoms with van der Waals surface area (Å²) in [6, 6.07) is 8.21. The Morgan fingerprint density at radius 3 is 2.83 bits per heavy atom. The predicted octanol–water partition coefficient (Wildman–Crippen LogP) is 3.46. The molecule has 1 aliphatic heterocycles. The lowest BCUT2D eigenvalue weighted by atomic mass is 9.69. The number of likely N-dealkylation sites (tertiary alicyclic amines) is 1. The van der Waals surface area contributed by atoms with E-state index in [-0.39, 0.29) is 30.1 Å². The molecular formula is C23H34N2O4. The van der Waals surface area contributed by atoms with Gasteiger partial charge in [-0.05, 0) is 65.0 Å². The van der Waals surface area contributed by atoms with Crippen LogP contribution in [0.3, 0.4) is 0 Å². The third kappa shape index (κ3) is 4.58. The van der Waals surface area contributed by atoms with Crippen LogP contribution in [0, 0.1) is 12.8 Å². The van der Waals surface area contributed by atoms with Crippen molar-refractivity contribution in [3.05, 3.63) is 35.4 Å². The molecule has 1 N–H and O–H groups in total. The minimum Gasteiger partial charge on any atom is -0.458 e. The van der Waals surface area contributed by atoms with Gasteiger partial charge in [-0.15, -0.1) is 0 Å². The number of hydrogen-bond acceptors (Lipinski definition) is 5. The van der Waals surface area contributed by atoms with Gasteiger partial charge in [0.25, 0.3) is 0 Å². The van der Waals surface area contributed by atoms with Crippen molar-refractivity contribution < 1.29 is 19.1 Å². The van der Waals surface area contributed by atoms with Gasteiger partial charge in [-0.3, -0.25) is 4.79 Å². The highest BCUT2D eigenvalue weighted by atomic mass is 16.6. The van der Waals surface area contributed by atoms with Crippen LogP contribution in [0.2, 0.25) is 0 Å². The number of carbonyl (C=O) groups is 2. The molecule has 0 unspecified atom stereocenters. The number of rotatable bonds is 6. The van der Waals surface area contributed by atoms with Crippen LogP contribution in [-0.4, -0.2) is 55.3 Å². The van der Waals surface area contributed by atoms with Crippen molar-refractivity contribution in [2.75, 3.05) is 20.7 Å². The normalized spacial score (nSPS) is 27.2. The first-order chi connectivity index (χ1) is 13.9. The lowest BCUT2D eigenvalue weighted by Gasteiger charge is -2.46. The fourth-order valence-corrected chi connectivity index (χ4v) is 5.08. The smallest absolute Gasteiger partial charge is 0.409 e. The van der Waals surface area contributed by atoms with Crippen LogP contribution < -0.4 is 5.32 Å². The van der Waals surface area contributed by atoms with E-state index in [0.717, 1.165) is 38.5 Å². The summed E-state index contributed by atoms with van der Waals surface area (Å²) in [4.78, 5) is 26.9. The van der Waals surface area contributed by atoms with Crippen molar-refractivity contribution in [3.8, 4) is 0 Å². The number of esters is 1. The number of benzene rings is 1. The second-order valence-electron chi connectivity index (χ2n) is 8.50. The van der Waals surface area contributed by atoms with E-state index in [1.54, 1.807) is 7.05 Å². The molecule has 1 heterocycles. The van der Waals surface area contributed by atoms with Gasteiger partial charge in [0.05, 0.1) is 7.11 Å². The van der Waals surface area contributed by atoms with Crippen molar-refractivity contribution in [1.82, 2.24) is 10.2 Å². The first-order valence-electron chi connectivity index (χ1n) is 10.7. The monoisotopic (exact) mass is 402 g/mol. The lowest BCUT2D eigenvalue weighted by Crippen LogP contribution is -2.54.